The average Bonchev–Trinajstić information content (AvgIpc) is 3.32. The molecule has 0 unspecified atom stereocenters. The number of amides is 1. The highest BCUT2D eigenvalue weighted by Gasteiger charge is 2.28. The summed E-state index contributed by atoms with van der Waals surface area (Å²) >= 11 is 5.87. The highest BCUT2D eigenvalue weighted by Crippen LogP contribution is 2.39. The molecule has 2 aromatic heterocycles. The van der Waals surface area contributed by atoms with E-state index >= 15 is 0 Å². The summed E-state index contributed by atoms with van der Waals surface area (Å²) < 4.78 is 0. The van der Waals surface area contributed by atoms with Gasteiger partial charge in [-0.15, -0.1) is 0 Å². The molecule has 120 valence electrons. The van der Waals surface area contributed by atoms with E-state index in [2.05, 4.69) is 20.1 Å². The van der Waals surface area contributed by atoms with Crippen molar-refractivity contribution in [3.05, 3.63) is 40.8 Å². The Morgan fingerprint density at radius 1 is 1.22 bits per heavy atom. The summed E-state index contributed by atoms with van der Waals surface area (Å²) in [6, 6.07) is 5.66. The van der Waals surface area contributed by atoms with Gasteiger partial charge in [0.25, 0.3) is 5.91 Å². The van der Waals surface area contributed by atoms with Crippen molar-refractivity contribution in [1.29, 1.82) is 0 Å². The Morgan fingerprint density at radius 3 is 2.65 bits per heavy atom. The molecule has 1 saturated heterocycles. The van der Waals surface area contributed by atoms with Crippen LogP contribution >= 0.6 is 11.6 Å². The smallest absolute Gasteiger partial charge is 0.274 e. The Kier molecular flexibility index (Phi) is 3.69. The van der Waals surface area contributed by atoms with Crippen LogP contribution in [-0.4, -0.2) is 52.2 Å². The number of aromatic amines is 1. The zero-order valence-corrected chi connectivity index (χ0v) is 13.5. The number of carbonyl (C=O) groups is 1. The first-order valence-corrected chi connectivity index (χ1v) is 8.29. The Hall–Kier alpha value is -2.08. The van der Waals surface area contributed by atoms with Gasteiger partial charge >= 0.3 is 0 Å². The second-order valence-electron chi connectivity index (χ2n) is 6.10. The van der Waals surface area contributed by atoms with Gasteiger partial charge in [-0.1, -0.05) is 11.6 Å². The quantitative estimate of drug-likeness (QED) is 0.937. The van der Waals surface area contributed by atoms with E-state index < -0.39 is 0 Å². The molecule has 1 aliphatic heterocycles. The van der Waals surface area contributed by atoms with Crippen LogP contribution in [0, 0.1) is 0 Å². The Bertz CT molecular complexity index is 702. The van der Waals surface area contributed by atoms with Crippen molar-refractivity contribution in [2.24, 2.45) is 0 Å². The van der Waals surface area contributed by atoms with Crippen LogP contribution in [0.1, 0.15) is 34.9 Å². The topological polar surface area (TPSA) is 65.1 Å². The lowest BCUT2D eigenvalue weighted by molar-refractivity contribution is 0.0740. The predicted octanol–water partition coefficient (Wildman–Crippen LogP) is 2.30. The van der Waals surface area contributed by atoms with Crippen LogP contribution in [0.5, 0.6) is 0 Å². The summed E-state index contributed by atoms with van der Waals surface area (Å²) in [4.78, 5) is 20.9. The number of nitrogens with zero attached hydrogens (tertiary/aromatic N) is 4. The lowest BCUT2D eigenvalue weighted by Gasteiger charge is -2.35. The molecule has 1 amide bonds. The molecule has 2 aromatic rings. The Labute approximate surface area is 139 Å². The van der Waals surface area contributed by atoms with Crippen molar-refractivity contribution < 1.29 is 4.79 Å². The highest BCUT2D eigenvalue weighted by atomic mass is 35.5. The molecule has 3 heterocycles. The molecule has 1 saturated carbocycles. The zero-order valence-electron chi connectivity index (χ0n) is 12.7. The van der Waals surface area contributed by atoms with Crippen molar-refractivity contribution >= 4 is 23.3 Å². The summed E-state index contributed by atoms with van der Waals surface area (Å²) in [5, 5.41) is 7.81. The minimum absolute atomic E-state index is 0.0110. The number of H-pyrrole nitrogens is 1. The number of halogens is 1. The number of aromatic nitrogens is 3. The third kappa shape index (κ3) is 3.03. The minimum Gasteiger partial charge on any atom is -0.353 e. The predicted molar refractivity (Wildman–Crippen MR) is 87.9 cm³/mol. The molecule has 2 fully saturated rings. The van der Waals surface area contributed by atoms with Crippen LogP contribution < -0.4 is 4.90 Å². The molecule has 1 N–H and O–H groups in total. The maximum atomic E-state index is 12.5. The van der Waals surface area contributed by atoms with Gasteiger partial charge in [-0.05, 0) is 31.0 Å². The van der Waals surface area contributed by atoms with Gasteiger partial charge in [-0.2, -0.15) is 5.10 Å². The number of nitrogens with one attached hydrogen (secondary N) is 1. The van der Waals surface area contributed by atoms with Crippen molar-refractivity contribution in [3.8, 4) is 0 Å². The van der Waals surface area contributed by atoms with Crippen LogP contribution in [0.2, 0.25) is 5.02 Å². The molecule has 2 aliphatic rings. The number of rotatable bonds is 3. The van der Waals surface area contributed by atoms with Crippen LogP contribution in [0.4, 0.5) is 5.82 Å². The standard InChI is InChI=1S/C16H18ClN5O/c17-12-3-4-15(18-10-12)21-5-7-22(8-6-21)16(23)14-9-13(19-20-14)11-1-2-11/h3-4,9-11H,1-2,5-8H2,(H,19,20). The van der Waals surface area contributed by atoms with Crippen LogP contribution in [0.15, 0.2) is 24.4 Å². The molecule has 7 heteroatoms. The summed E-state index contributed by atoms with van der Waals surface area (Å²) in [5.41, 5.74) is 1.63. The molecule has 0 atom stereocenters. The molecule has 6 nitrogen and oxygen atoms in total. The third-order valence-electron chi connectivity index (χ3n) is 4.44. The Balaban J connectivity index is 1.38. The lowest BCUT2D eigenvalue weighted by Crippen LogP contribution is -2.49. The molecule has 0 radical (unpaired) electrons. The zero-order chi connectivity index (χ0) is 15.8. The number of carbonyl (C=O) groups excluding carboxylic acids is 1. The fourth-order valence-electron chi connectivity index (χ4n) is 2.91. The first-order valence-electron chi connectivity index (χ1n) is 7.92. The molecule has 4 rings (SSSR count). The van der Waals surface area contributed by atoms with Gasteiger partial charge in [0.05, 0.1) is 5.02 Å². The maximum Gasteiger partial charge on any atom is 0.274 e. The molecule has 1 aliphatic carbocycles. The first kappa shape index (κ1) is 14.5. The summed E-state index contributed by atoms with van der Waals surface area (Å²) in [6.45, 7) is 2.88. The number of anilines is 1. The molecule has 0 bridgehead atoms. The molecular formula is C16H18ClN5O. The number of piperazine rings is 1. The van der Waals surface area contributed by atoms with Gasteiger partial charge in [0.15, 0.2) is 0 Å². The van der Waals surface area contributed by atoms with Crippen LogP contribution in [-0.2, 0) is 0 Å². The van der Waals surface area contributed by atoms with E-state index in [1.165, 1.54) is 12.8 Å². The fraction of sp³-hybridized carbons (Fsp3) is 0.438. The van der Waals surface area contributed by atoms with Gasteiger partial charge in [0.2, 0.25) is 0 Å². The summed E-state index contributed by atoms with van der Waals surface area (Å²) in [7, 11) is 0. The normalized spacial score (nSPS) is 18.3. The first-order chi connectivity index (χ1) is 11.2. The third-order valence-corrected chi connectivity index (χ3v) is 4.66. The van der Waals surface area contributed by atoms with E-state index in [-0.39, 0.29) is 5.91 Å². The summed E-state index contributed by atoms with van der Waals surface area (Å²) in [6.07, 6.45) is 4.04. The van der Waals surface area contributed by atoms with Gasteiger partial charge in [-0.25, -0.2) is 4.98 Å². The molecular weight excluding hydrogens is 314 g/mol. The van der Waals surface area contributed by atoms with E-state index in [0.29, 0.717) is 29.7 Å². The van der Waals surface area contributed by atoms with Crippen molar-refractivity contribution in [1.82, 2.24) is 20.1 Å². The number of hydrogen-bond donors (Lipinski definition) is 1. The average molecular weight is 332 g/mol. The minimum atomic E-state index is 0.0110. The molecule has 0 aromatic carbocycles. The SMILES string of the molecule is O=C(c1cc(C2CC2)[nH]n1)N1CCN(c2ccc(Cl)cn2)CC1. The van der Waals surface area contributed by atoms with E-state index in [1.54, 1.807) is 6.20 Å². The monoisotopic (exact) mass is 331 g/mol. The number of hydrogen-bond acceptors (Lipinski definition) is 4. The van der Waals surface area contributed by atoms with Gasteiger partial charge in [0.1, 0.15) is 11.5 Å². The fourth-order valence-corrected chi connectivity index (χ4v) is 3.02. The van der Waals surface area contributed by atoms with Crippen molar-refractivity contribution in [2.75, 3.05) is 31.1 Å². The van der Waals surface area contributed by atoms with Crippen molar-refractivity contribution in [2.45, 2.75) is 18.8 Å². The summed E-state index contributed by atoms with van der Waals surface area (Å²) in [5.74, 6) is 1.49. The van der Waals surface area contributed by atoms with E-state index in [4.69, 9.17) is 11.6 Å². The van der Waals surface area contributed by atoms with Gasteiger partial charge in [0, 0.05) is 44.0 Å². The van der Waals surface area contributed by atoms with Crippen LogP contribution in [0.25, 0.3) is 0 Å². The van der Waals surface area contributed by atoms with E-state index in [9.17, 15) is 4.79 Å². The molecule has 0 spiro atoms. The van der Waals surface area contributed by atoms with Gasteiger partial charge < -0.3 is 9.80 Å². The largest absolute Gasteiger partial charge is 0.353 e. The number of pyridine rings is 1. The van der Waals surface area contributed by atoms with Crippen LogP contribution in [0.3, 0.4) is 0 Å². The Morgan fingerprint density at radius 2 is 2.00 bits per heavy atom. The second kappa shape index (κ2) is 5.85. The van der Waals surface area contributed by atoms with E-state index in [1.807, 2.05) is 23.1 Å². The molecule has 23 heavy (non-hydrogen) atoms. The lowest BCUT2D eigenvalue weighted by atomic mass is 10.2. The second-order valence-corrected chi connectivity index (χ2v) is 6.53. The van der Waals surface area contributed by atoms with Crippen molar-refractivity contribution in [3.63, 3.8) is 0 Å². The van der Waals surface area contributed by atoms with E-state index in [0.717, 1.165) is 24.6 Å². The highest BCUT2D eigenvalue weighted by molar-refractivity contribution is 6.30. The maximum absolute atomic E-state index is 12.5. The van der Waals surface area contributed by atoms with Gasteiger partial charge in [-0.3, -0.25) is 9.89 Å².